The van der Waals surface area contributed by atoms with Gasteiger partial charge in [-0.2, -0.15) is 0 Å². The Morgan fingerprint density at radius 3 is 2.16 bits per heavy atom. The Hall–Kier alpha value is -2.69. The molecule has 0 aliphatic carbocycles. The molecule has 12 heteroatoms. The maximum absolute atomic E-state index is 13.7. The van der Waals surface area contributed by atoms with Crippen LogP contribution in [0.1, 0.15) is 33.3 Å². The molecule has 0 radical (unpaired) electrons. The molecule has 0 aliphatic heterocycles. The van der Waals surface area contributed by atoms with E-state index in [9.17, 15) is 18.0 Å². The summed E-state index contributed by atoms with van der Waals surface area (Å²) in [4.78, 5) is 28.0. The summed E-state index contributed by atoms with van der Waals surface area (Å²) >= 11 is 12.4. The minimum Gasteiger partial charge on any atom is -0.493 e. The molecule has 0 saturated heterocycles. The Morgan fingerprint density at radius 1 is 1.03 bits per heavy atom. The molecule has 0 aliphatic rings. The Bertz CT molecular complexity index is 1250. The van der Waals surface area contributed by atoms with Crippen LogP contribution in [0, 0.1) is 0 Å². The van der Waals surface area contributed by atoms with Crippen molar-refractivity contribution in [2.45, 2.75) is 45.8 Å². The van der Waals surface area contributed by atoms with Crippen molar-refractivity contribution in [1.82, 2.24) is 10.2 Å². The molecule has 2 aromatic rings. The first-order valence-corrected chi connectivity index (χ1v) is 13.9. The van der Waals surface area contributed by atoms with Crippen molar-refractivity contribution in [3.8, 4) is 11.5 Å². The number of rotatable bonds is 10. The summed E-state index contributed by atoms with van der Waals surface area (Å²) < 4.78 is 37.0. The molecule has 0 fully saturated rings. The maximum Gasteiger partial charge on any atom is 0.244 e. The molecule has 1 atom stereocenters. The Labute approximate surface area is 228 Å². The predicted octanol–water partition coefficient (Wildman–Crippen LogP) is 4.11. The molecule has 0 heterocycles. The molecule has 1 unspecified atom stereocenters. The molecule has 0 bridgehead atoms. The number of carbonyl (C=O) groups is 2. The molecule has 0 spiro atoms. The zero-order valence-corrected chi connectivity index (χ0v) is 24.3. The number of nitrogens with zero attached hydrogens (tertiary/aromatic N) is 2. The summed E-state index contributed by atoms with van der Waals surface area (Å²) in [5, 5.41) is 3.59. The number of halogens is 2. The van der Waals surface area contributed by atoms with E-state index in [1.165, 1.54) is 37.3 Å². The quantitative estimate of drug-likeness (QED) is 0.458. The van der Waals surface area contributed by atoms with E-state index in [-0.39, 0.29) is 12.2 Å². The predicted molar refractivity (Wildman–Crippen MR) is 146 cm³/mol. The molecular weight excluding hydrogens is 541 g/mol. The lowest BCUT2D eigenvalue weighted by atomic mass is 10.1. The van der Waals surface area contributed by atoms with Gasteiger partial charge in [0.2, 0.25) is 21.8 Å². The monoisotopic (exact) mass is 573 g/mol. The number of hydrogen-bond donors (Lipinski definition) is 1. The highest BCUT2D eigenvalue weighted by molar-refractivity contribution is 7.92. The van der Waals surface area contributed by atoms with Gasteiger partial charge in [0.1, 0.15) is 12.6 Å². The van der Waals surface area contributed by atoms with Gasteiger partial charge in [-0.1, -0.05) is 29.3 Å². The highest BCUT2D eigenvalue weighted by atomic mass is 35.5. The van der Waals surface area contributed by atoms with Gasteiger partial charge in [0.05, 0.1) is 26.2 Å². The van der Waals surface area contributed by atoms with Crippen LogP contribution in [0.15, 0.2) is 36.4 Å². The van der Waals surface area contributed by atoms with Gasteiger partial charge in [0, 0.05) is 28.2 Å². The highest BCUT2D eigenvalue weighted by Crippen LogP contribution is 2.32. The molecule has 2 aromatic carbocycles. The fraction of sp³-hybridized carbons (Fsp3) is 0.440. The van der Waals surface area contributed by atoms with Crippen LogP contribution in [0.5, 0.6) is 11.5 Å². The first kappa shape index (κ1) is 30.5. The van der Waals surface area contributed by atoms with E-state index >= 15 is 0 Å². The topological polar surface area (TPSA) is 105 Å². The normalized spacial score (nSPS) is 12.5. The van der Waals surface area contributed by atoms with Crippen molar-refractivity contribution < 1.29 is 27.5 Å². The van der Waals surface area contributed by atoms with E-state index < -0.39 is 40.0 Å². The fourth-order valence-electron chi connectivity index (χ4n) is 3.48. The first-order valence-electron chi connectivity index (χ1n) is 11.3. The van der Waals surface area contributed by atoms with Crippen LogP contribution in [0.4, 0.5) is 5.69 Å². The van der Waals surface area contributed by atoms with Crippen molar-refractivity contribution in [3.05, 3.63) is 52.0 Å². The molecule has 0 aromatic heterocycles. The number of ether oxygens (including phenoxy) is 2. The van der Waals surface area contributed by atoms with Crippen LogP contribution >= 0.6 is 23.2 Å². The number of sulfonamides is 1. The van der Waals surface area contributed by atoms with Crippen LogP contribution in [0.25, 0.3) is 0 Å². The molecule has 1 N–H and O–H groups in total. The second-order valence-electron chi connectivity index (χ2n) is 9.48. The largest absolute Gasteiger partial charge is 0.493 e. The van der Waals surface area contributed by atoms with E-state index in [0.717, 1.165) is 10.6 Å². The third-order valence-corrected chi connectivity index (χ3v) is 7.08. The number of methoxy groups -OCH3 is 2. The van der Waals surface area contributed by atoms with Crippen LogP contribution in [-0.4, -0.2) is 63.7 Å². The summed E-state index contributed by atoms with van der Waals surface area (Å²) in [6, 6.07) is 8.38. The molecule has 2 amide bonds. The summed E-state index contributed by atoms with van der Waals surface area (Å²) in [5.41, 5.74) is 0.202. The van der Waals surface area contributed by atoms with Gasteiger partial charge < -0.3 is 19.7 Å². The summed E-state index contributed by atoms with van der Waals surface area (Å²) in [6.45, 7) is 6.43. The molecular formula is C25H33Cl2N3O6S. The standard InChI is InChI=1S/C25H33Cl2N3O6S/c1-16(24(32)28-25(2,3)4)29(14-17-8-9-18(26)12-20(17)27)23(31)15-30(37(7,33)34)19-10-11-21(35-5)22(13-19)36-6/h8-13,16H,14-15H2,1-7H3,(H,28,32). The molecule has 9 nitrogen and oxygen atoms in total. The van der Waals surface area contributed by atoms with Gasteiger partial charge in [-0.05, 0) is 57.5 Å². The number of anilines is 1. The van der Waals surface area contributed by atoms with Gasteiger partial charge in [-0.15, -0.1) is 0 Å². The van der Waals surface area contributed by atoms with E-state index in [1.807, 2.05) is 20.8 Å². The Morgan fingerprint density at radius 2 is 1.65 bits per heavy atom. The average Bonchev–Trinajstić information content (AvgIpc) is 2.79. The zero-order chi connectivity index (χ0) is 28.1. The Kier molecular flexibility index (Phi) is 10.1. The van der Waals surface area contributed by atoms with Crippen LogP contribution < -0.4 is 19.1 Å². The first-order chi connectivity index (χ1) is 17.1. The molecule has 37 heavy (non-hydrogen) atoms. The number of amides is 2. The van der Waals surface area contributed by atoms with E-state index in [4.69, 9.17) is 32.7 Å². The second-order valence-corrected chi connectivity index (χ2v) is 12.2. The molecule has 204 valence electrons. The van der Waals surface area contributed by atoms with Gasteiger partial charge >= 0.3 is 0 Å². The van der Waals surface area contributed by atoms with Crippen molar-refractivity contribution in [3.63, 3.8) is 0 Å². The van der Waals surface area contributed by atoms with Gasteiger partial charge in [0.25, 0.3) is 0 Å². The van der Waals surface area contributed by atoms with Gasteiger partial charge in [-0.25, -0.2) is 8.42 Å². The number of carbonyl (C=O) groups excluding carboxylic acids is 2. The Balaban J connectivity index is 2.49. The van der Waals surface area contributed by atoms with E-state index in [1.54, 1.807) is 25.1 Å². The van der Waals surface area contributed by atoms with Crippen LogP contribution in [-0.2, 0) is 26.2 Å². The average molecular weight is 575 g/mol. The van der Waals surface area contributed by atoms with Gasteiger partial charge in [0.15, 0.2) is 11.5 Å². The minimum atomic E-state index is -3.91. The second kappa shape index (κ2) is 12.2. The smallest absolute Gasteiger partial charge is 0.244 e. The van der Waals surface area contributed by atoms with Crippen LogP contribution in [0.3, 0.4) is 0 Å². The lowest BCUT2D eigenvalue weighted by molar-refractivity contribution is -0.140. The van der Waals surface area contributed by atoms with Crippen molar-refractivity contribution in [2.75, 3.05) is 31.3 Å². The highest BCUT2D eigenvalue weighted by Gasteiger charge is 2.32. The number of benzene rings is 2. The van der Waals surface area contributed by atoms with Crippen molar-refractivity contribution >= 4 is 50.7 Å². The van der Waals surface area contributed by atoms with Crippen molar-refractivity contribution in [2.24, 2.45) is 0 Å². The third-order valence-electron chi connectivity index (χ3n) is 5.36. The number of nitrogens with one attached hydrogen (secondary N) is 1. The van der Waals surface area contributed by atoms with Crippen molar-refractivity contribution in [1.29, 1.82) is 0 Å². The third kappa shape index (κ3) is 8.41. The molecule has 2 rings (SSSR count). The summed E-state index contributed by atoms with van der Waals surface area (Å²) in [6.07, 6.45) is 0.993. The lowest BCUT2D eigenvalue weighted by Crippen LogP contribution is -2.54. The lowest BCUT2D eigenvalue weighted by Gasteiger charge is -2.33. The summed E-state index contributed by atoms with van der Waals surface area (Å²) in [5.74, 6) is -0.313. The van der Waals surface area contributed by atoms with Crippen LogP contribution in [0.2, 0.25) is 10.0 Å². The fourth-order valence-corrected chi connectivity index (χ4v) is 4.79. The summed E-state index contributed by atoms with van der Waals surface area (Å²) in [7, 11) is -1.03. The van der Waals surface area contributed by atoms with E-state index in [0.29, 0.717) is 27.1 Å². The number of hydrogen-bond acceptors (Lipinski definition) is 6. The van der Waals surface area contributed by atoms with E-state index in [2.05, 4.69) is 5.32 Å². The maximum atomic E-state index is 13.7. The minimum absolute atomic E-state index is 0.0445. The molecule has 0 saturated carbocycles. The SMILES string of the molecule is COc1ccc(N(CC(=O)N(Cc2ccc(Cl)cc2Cl)C(C)C(=O)NC(C)(C)C)S(C)(=O)=O)cc1OC. The zero-order valence-electron chi connectivity index (χ0n) is 22.0. The van der Waals surface area contributed by atoms with Gasteiger partial charge in [-0.3, -0.25) is 13.9 Å².